The fourth-order valence-electron chi connectivity index (χ4n) is 2.26. The van der Waals surface area contributed by atoms with E-state index in [1.165, 1.54) is 0 Å². The maximum Gasteiger partial charge on any atom is 0.407 e. The Bertz CT molecular complexity index is 730. The number of ether oxygens (including phenoxy) is 2. The zero-order valence-electron chi connectivity index (χ0n) is 15.7. The van der Waals surface area contributed by atoms with Crippen LogP contribution in [0.2, 0.25) is 0 Å². The van der Waals surface area contributed by atoms with E-state index < -0.39 is 11.7 Å². The van der Waals surface area contributed by atoms with E-state index in [-0.39, 0.29) is 6.61 Å². The Labute approximate surface area is 154 Å². The molecule has 140 valence electrons. The lowest BCUT2D eigenvalue weighted by molar-refractivity contribution is 0.0519. The average Bonchev–Trinajstić information content (AvgIpc) is 2.99. The summed E-state index contributed by atoms with van der Waals surface area (Å²) in [6.45, 7) is 7.99. The molecule has 0 radical (unpaired) electrons. The zero-order chi connectivity index (χ0) is 19.0. The standard InChI is InChI=1S/C20H26N2O4/c1-5-6-12-16-17(15-10-8-7-9-11-15)26-22-18(16)24-14-13-21-19(23)25-20(2,3)4/h5-11H,12-14H2,1-4H3,(H,21,23)/b6-5+. The van der Waals surface area contributed by atoms with Crippen LogP contribution in [0.4, 0.5) is 4.79 Å². The molecule has 1 aromatic carbocycles. The number of allylic oxidation sites excluding steroid dienone is 2. The summed E-state index contributed by atoms with van der Waals surface area (Å²) in [5.41, 5.74) is 1.30. The van der Waals surface area contributed by atoms with Gasteiger partial charge in [-0.1, -0.05) is 42.5 Å². The molecule has 2 rings (SSSR count). The summed E-state index contributed by atoms with van der Waals surface area (Å²) in [5.74, 6) is 1.13. The highest BCUT2D eigenvalue weighted by Gasteiger charge is 2.18. The van der Waals surface area contributed by atoms with Crippen LogP contribution in [0.3, 0.4) is 0 Å². The van der Waals surface area contributed by atoms with Gasteiger partial charge in [0.15, 0.2) is 5.76 Å². The Morgan fingerprint density at radius 3 is 2.65 bits per heavy atom. The van der Waals surface area contributed by atoms with E-state index in [1.807, 2.05) is 70.2 Å². The molecule has 0 atom stereocenters. The topological polar surface area (TPSA) is 73.6 Å². The molecule has 0 spiro atoms. The first-order valence-corrected chi connectivity index (χ1v) is 8.65. The van der Waals surface area contributed by atoms with Crippen LogP contribution < -0.4 is 10.1 Å². The second-order valence-electron chi connectivity index (χ2n) is 6.71. The van der Waals surface area contributed by atoms with E-state index in [2.05, 4.69) is 10.5 Å². The Hall–Kier alpha value is -2.76. The van der Waals surface area contributed by atoms with Gasteiger partial charge in [-0.15, -0.1) is 0 Å². The number of nitrogens with zero attached hydrogens (tertiary/aromatic N) is 1. The van der Waals surface area contributed by atoms with Crippen molar-refractivity contribution in [2.45, 2.75) is 39.7 Å². The predicted octanol–water partition coefficient (Wildman–Crippen LogP) is 4.36. The second-order valence-corrected chi connectivity index (χ2v) is 6.71. The molecule has 0 unspecified atom stereocenters. The Kier molecular flexibility index (Phi) is 6.83. The Morgan fingerprint density at radius 2 is 2.00 bits per heavy atom. The minimum Gasteiger partial charge on any atom is -0.473 e. The van der Waals surface area contributed by atoms with E-state index in [0.717, 1.165) is 11.1 Å². The van der Waals surface area contributed by atoms with Crippen molar-refractivity contribution in [3.05, 3.63) is 48.0 Å². The molecular formula is C20H26N2O4. The molecule has 1 amide bonds. The monoisotopic (exact) mass is 358 g/mol. The highest BCUT2D eigenvalue weighted by molar-refractivity contribution is 5.67. The van der Waals surface area contributed by atoms with Crippen molar-refractivity contribution in [3.63, 3.8) is 0 Å². The van der Waals surface area contributed by atoms with E-state index in [9.17, 15) is 4.79 Å². The zero-order valence-corrected chi connectivity index (χ0v) is 15.7. The van der Waals surface area contributed by atoms with E-state index >= 15 is 0 Å². The van der Waals surface area contributed by atoms with Crippen molar-refractivity contribution in [2.75, 3.05) is 13.2 Å². The molecular weight excluding hydrogens is 332 g/mol. The molecule has 0 saturated carbocycles. The number of carbonyl (C=O) groups is 1. The predicted molar refractivity (Wildman–Crippen MR) is 100 cm³/mol. The molecule has 0 fully saturated rings. The lowest BCUT2D eigenvalue weighted by atomic mass is 10.1. The van der Waals surface area contributed by atoms with Crippen LogP contribution in [-0.4, -0.2) is 30.0 Å². The minimum atomic E-state index is -0.526. The van der Waals surface area contributed by atoms with E-state index in [0.29, 0.717) is 24.6 Å². The molecule has 6 heteroatoms. The number of amides is 1. The molecule has 0 bridgehead atoms. The first-order chi connectivity index (χ1) is 12.4. The van der Waals surface area contributed by atoms with Crippen molar-refractivity contribution in [1.82, 2.24) is 10.5 Å². The van der Waals surface area contributed by atoms with Gasteiger partial charge in [0.05, 0.1) is 12.1 Å². The van der Waals surface area contributed by atoms with Gasteiger partial charge in [0.2, 0.25) is 0 Å². The van der Waals surface area contributed by atoms with Crippen molar-refractivity contribution in [3.8, 4) is 17.2 Å². The minimum absolute atomic E-state index is 0.267. The fraction of sp³-hybridized carbons (Fsp3) is 0.400. The van der Waals surface area contributed by atoms with Crippen LogP contribution in [0, 0.1) is 0 Å². The molecule has 0 aliphatic heterocycles. The van der Waals surface area contributed by atoms with Crippen LogP contribution >= 0.6 is 0 Å². The van der Waals surface area contributed by atoms with Crippen molar-refractivity contribution in [2.24, 2.45) is 0 Å². The summed E-state index contributed by atoms with van der Waals surface area (Å²) in [4.78, 5) is 11.6. The molecule has 0 aliphatic rings. The van der Waals surface area contributed by atoms with Gasteiger partial charge in [-0.25, -0.2) is 4.79 Å². The van der Waals surface area contributed by atoms with Gasteiger partial charge in [-0.05, 0) is 39.3 Å². The molecule has 1 aromatic heterocycles. The normalized spacial score (nSPS) is 11.5. The molecule has 26 heavy (non-hydrogen) atoms. The van der Waals surface area contributed by atoms with Crippen LogP contribution in [0.25, 0.3) is 11.3 Å². The van der Waals surface area contributed by atoms with Crippen molar-refractivity contribution in [1.29, 1.82) is 0 Å². The third-order valence-electron chi connectivity index (χ3n) is 3.35. The number of nitrogens with one attached hydrogen (secondary N) is 1. The first kappa shape index (κ1) is 19.6. The Balaban J connectivity index is 1.98. The number of rotatable bonds is 7. The number of benzene rings is 1. The van der Waals surface area contributed by atoms with Gasteiger partial charge in [-0.3, -0.25) is 0 Å². The Morgan fingerprint density at radius 1 is 1.27 bits per heavy atom. The smallest absolute Gasteiger partial charge is 0.407 e. The van der Waals surface area contributed by atoms with E-state index in [4.69, 9.17) is 14.0 Å². The lowest BCUT2D eigenvalue weighted by Gasteiger charge is -2.19. The van der Waals surface area contributed by atoms with Gasteiger partial charge >= 0.3 is 6.09 Å². The third-order valence-corrected chi connectivity index (χ3v) is 3.35. The quantitative estimate of drug-likeness (QED) is 0.588. The number of carbonyl (C=O) groups excluding carboxylic acids is 1. The van der Waals surface area contributed by atoms with Crippen LogP contribution in [-0.2, 0) is 11.2 Å². The summed E-state index contributed by atoms with van der Waals surface area (Å²) in [6, 6.07) is 9.78. The van der Waals surface area contributed by atoms with Crippen LogP contribution in [0.1, 0.15) is 33.3 Å². The van der Waals surface area contributed by atoms with Crippen LogP contribution in [0.15, 0.2) is 47.0 Å². The lowest BCUT2D eigenvalue weighted by Crippen LogP contribution is -2.34. The summed E-state index contributed by atoms with van der Waals surface area (Å²) in [6.07, 6.45) is 4.17. The molecule has 1 N–H and O–H groups in total. The van der Waals surface area contributed by atoms with Crippen molar-refractivity contribution >= 4 is 6.09 Å². The third kappa shape index (κ3) is 5.95. The van der Waals surface area contributed by atoms with Crippen LogP contribution in [0.5, 0.6) is 5.88 Å². The largest absolute Gasteiger partial charge is 0.473 e. The van der Waals surface area contributed by atoms with Gasteiger partial charge in [0.25, 0.3) is 5.88 Å². The van der Waals surface area contributed by atoms with Gasteiger partial charge < -0.3 is 19.3 Å². The highest BCUT2D eigenvalue weighted by atomic mass is 16.6. The molecule has 2 aromatic rings. The number of hydrogen-bond donors (Lipinski definition) is 1. The summed E-state index contributed by atoms with van der Waals surface area (Å²) < 4.78 is 16.4. The number of hydrogen-bond acceptors (Lipinski definition) is 5. The van der Waals surface area contributed by atoms with Gasteiger partial charge in [0, 0.05) is 5.56 Å². The maximum absolute atomic E-state index is 11.6. The summed E-state index contributed by atoms with van der Waals surface area (Å²) in [5, 5.41) is 6.70. The average molecular weight is 358 g/mol. The van der Waals surface area contributed by atoms with Crippen molar-refractivity contribution < 1.29 is 18.8 Å². The van der Waals surface area contributed by atoms with Gasteiger partial charge in [0.1, 0.15) is 12.2 Å². The number of alkyl carbamates (subject to hydrolysis) is 1. The summed E-state index contributed by atoms with van der Waals surface area (Å²) >= 11 is 0. The highest BCUT2D eigenvalue weighted by Crippen LogP contribution is 2.31. The molecule has 0 saturated heterocycles. The van der Waals surface area contributed by atoms with E-state index in [1.54, 1.807) is 0 Å². The first-order valence-electron chi connectivity index (χ1n) is 8.65. The molecule has 6 nitrogen and oxygen atoms in total. The molecule has 1 heterocycles. The maximum atomic E-state index is 11.6. The fourth-order valence-corrected chi connectivity index (χ4v) is 2.26. The molecule has 0 aliphatic carbocycles. The van der Waals surface area contributed by atoms with Gasteiger partial charge in [-0.2, -0.15) is 0 Å². The number of aromatic nitrogens is 1. The second kappa shape index (κ2) is 9.08. The summed E-state index contributed by atoms with van der Waals surface area (Å²) in [7, 11) is 0. The SMILES string of the molecule is C/C=C/Cc1c(OCCNC(=O)OC(C)(C)C)noc1-c1ccccc1.